The Labute approximate surface area is 225 Å². The minimum atomic E-state index is -0.488. The Morgan fingerprint density at radius 2 is 1.89 bits per heavy atom. The molecule has 7 nitrogen and oxygen atoms in total. The lowest BCUT2D eigenvalue weighted by Gasteiger charge is -2.50. The fourth-order valence-electron chi connectivity index (χ4n) is 6.12. The van der Waals surface area contributed by atoms with Crippen LogP contribution in [-0.4, -0.2) is 78.4 Å². The fourth-order valence-corrected chi connectivity index (χ4v) is 6.41. The van der Waals surface area contributed by atoms with Crippen LogP contribution < -0.4 is 15.1 Å². The summed E-state index contributed by atoms with van der Waals surface area (Å²) in [4.78, 5) is 16.5. The molecular formula is C29H30ClFN6O. The van der Waals surface area contributed by atoms with Crippen molar-refractivity contribution >= 4 is 45.0 Å². The first-order chi connectivity index (χ1) is 18.4. The Morgan fingerprint density at radius 1 is 1.08 bits per heavy atom. The lowest BCUT2D eigenvalue weighted by atomic mass is 9.83. The number of phenolic OH excluding ortho intramolecular Hbond substituents is 1. The maximum absolute atomic E-state index is 16.7. The number of hydrogen-bond donors (Lipinski definition) is 2. The number of piperazine rings is 1. The summed E-state index contributed by atoms with van der Waals surface area (Å²) in [5.41, 5.74) is 1.06. The number of phenols is 1. The summed E-state index contributed by atoms with van der Waals surface area (Å²) in [7, 11) is 4.14. The van der Waals surface area contributed by atoms with Crippen LogP contribution in [0.4, 0.5) is 16.2 Å². The highest BCUT2D eigenvalue weighted by molar-refractivity contribution is 6.35. The van der Waals surface area contributed by atoms with Crippen LogP contribution in [0.1, 0.15) is 12.8 Å². The first kappa shape index (κ1) is 23.9. The molecule has 196 valence electrons. The third kappa shape index (κ3) is 3.69. The Bertz CT molecular complexity index is 1570. The Hall–Kier alpha value is -3.20. The van der Waals surface area contributed by atoms with Gasteiger partial charge in [-0.25, -0.2) is 9.37 Å². The van der Waals surface area contributed by atoms with Crippen molar-refractivity contribution in [3.63, 3.8) is 0 Å². The topological polar surface area (TPSA) is 67.8 Å². The van der Waals surface area contributed by atoms with E-state index in [-0.39, 0.29) is 21.9 Å². The number of aromatic hydroxyl groups is 1. The molecule has 0 spiro atoms. The molecule has 3 fully saturated rings. The molecule has 3 aromatic carbocycles. The van der Waals surface area contributed by atoms with E-state index in [1.165, 1.54) is 0 Å². The number of fused-ring (bicyclic) bond motifs is 3. The minimum Gasteiger partial charge on any atom is -0.508 e. The van der Waals surface area contributed by atoms with E-state index in [4.69, 9.17) is 21.6 Å². The predicted octanol–water partition coefficient (Wildman–Crippen LogP) is 4.64. The number of aromatic nitrogens is 2. The van der Waals surface area contributed by atoms with E-state index in [1.54, 1.807) is 12.1 Å². The molecule has 1 saturated carbocycles. The lowest BCUT2D eigenvalue weighted by molar-refractivity contribution is 0.239. The van der Waals surface area contributed by atoms with Gasteiger partial charge < -0.3 is 25.1 Å². The summed E-state index contributed by atoms with van der Waals surface area (Å²) >= 11 is 6.86. The van der Waals surface area contributed by atoms with E-state index in [0.29, 0.717) is 35.0 Å². The zero-order chi connectivity index (χ0) is 26.1. The molecule has 4 aromatic rings. The molecule has 0 amide bonds. The molecule has 7 rings (SSSR count). The number of nitrogens with zero attached hydrogens (tertiary/aromatic N) is 5. The highest BCUT2D eigenvalue weighted by atomic mass is 35.5. The van der Waals surface area contributed by atoms with Crippen molar-refractivity contribution in [1.82, 2.24) is 20.2 Å². The number of anilines is 2. The van der Waals surface area contributed by atoms with Crippen LogP contribution in [0.5, 0.6) is 5.75 Å². The van der Waals surface area contributed by atoms with Gasteiger partial charge in [-0.2, -0.15) is 4.98 Å². The van der Waals surface area contributed by atoms with Crippen LogP contribution in [-0.2, 0) is 0 Å². The minimum absolute atomic E-state index is 0.0606. The quantitative estimate of drug-likeness (QED) is 0.397. The van der Waals surface area contributed by atoms with Crippen molar-refractivity contribution in [1.29, 1.82) is 0 Å². The second-order valence-corrected chi connectivity index (χ2v) is 11.3. The van der Waals surface area contributed by atoms with Crippen LogP contribution in [0.2, 0.25) is 5.02 Å². The molecule has 3 aliphatic rings. The van der Waals surface area contributed by atoms with Gasteiger partial charge in [0.15, 0.2) is 5.82 Å². The van der Waals surface area contributed by atoms with E-state index < -0.39 is 5.82 Å². The van der Waals surface area contributed by atoms with Gasteiger partial charge in [-0.1, -0.05) is 35.9 Å². The summed E-state index contributed by atoms with van der Waals surface area (Å²) in [6.07, 6.45) is 2.21. The smallest absolute Gasteiger partial charge is 0.228 e. The molecule has 9 heteroatoms. The van der Waals surface area contributed by atoms with Gasteiger partial charge in [0.2, 0.25) is 5.95 Å². The number of hydrogen-bond acceptors (Lipinski definition) is 7. The second kappa shape index (κ2) is 8.93. The highest BCUT2D eigenvalue weighted by Crippen LogP contribution is 2.44. The first-order valence-electron chi connectivity index (χ1n) is 13.2. The second-order valence-electron chi connectivity index (χ2n) is 10.9. The molecule has 2 unspecified atom stereocenters. The van der Waals surface area contributed by atoms with E-state index in [1.807, 2.05) is 30.3 Å². The first-order valence-corrected chi connectivity index (χ1v) is 13.6. The third-order valence-electron chi connectivity index (χ3n) is 8.51. The van der Waals surface area contributed by atoms with Crippen molar-refractivity contribution in [3.8, 4) is 16.9 Å². The van der Waals surface area contributed by atoms with Crippen molar-refractivity contribution < 1.29 is 9.50 Å². The normalized spacial score (nSPS) is 21.6. The van der Waals surface area contributed by atoms with Crippen molar-refractivity contribution in [2.45, 2.75) is 31.0 Å². The standard InChI is InChI=1S/C29H30ClFN6O/c1-35(2)17-14-36(15-17)29-33-27-21(28(34-29)37-10-9-32-23-7-8-24(23)37)13-22(30)25(26(27)31)20-12-18(38)11-16-5-3-4-6-19(16)20/h3-6,11-13,17,23-24,32,38H,7-10,14-15H2,1-2H3. The van der Waals surface area contributed by atoms with Gasteiger partial charge in [0, 0.05) is 55.3 Å². The lowest BCUT2D eigenvalue weighted by Crippen LogP contribution is -2.64. The molecule has 38 heavy (non-hydrogen) atoms. The highest BCUT2D eigenvalue weighted by Gasteiger charge is 2.40. The molecule has 2 saturated heterocycles. The van der Waals surface area contributed by atoms with Crippen LogP contribution in [0, 0.1) is 5.82 Å². The van der Waals surface area contributed by atoms with Gasteiger partial charge in [0.25, 0.3) is 0 Å². The average Bonchev–Trinajstić information content (AvgIpc) is 2.83. The molecule has 1 aromatic heterocycles. The van der Waals surface area contributed by atoms with Crippen molar-refractivity contribution in [3.05, 3.63) is 53.3 Å². The fraction of sp³-hybridized carbons (Fsp3) is 0.379. The van der Waals surface area contributed by atoms with Gasteiger partial charge in [-0.15, -0.1) is 0 Å². The predicted molar refractivity (Wildman–Crippen MR) is 151 cm³/mol. The van der Waals surface area contributed by atoms with Gasteiger partial charge in [-0.3, -0.25) is 0 Å². The zero-order valence-electron chi connectivity index (χ0n) is 21.5. The van der Waals surface area contributed by atoms with Crippen molar-refractivity contribution in [2.75, 3.05) is 50.1 Å². The van der Waals surface area contributed by atoms with Crippen LogP contribution in [0.3, 0.4) is 0 Å². The molecule has 0 bridgehead atoms. The SMILES string of the molecule is CN(C)C1CN(c2nc(N3CCNC4CCC43)c3cc(Cl)c(-c4cc(O)cc5ccccc45)c(F)c3n2)C1. The number of likely N-dealkylation sites (N-methyl/N-ethyl adjacent to an activating group) is 1. The summed E-state index contributed by atoms with van der Waals surface area (Å²) in [6.45, 7) is 3.25. The molecule has 2 aliphatic heterocycles. The van der Waals surface area contributed by atoms with Gasteiger partial charge in [0.1, 0.15) is 17.1 Å². The van der Waals surface area contributed by atoms with Gasteiger partial charge in [-0.05, 0) is 61.5 Å². The maximum atomic E-state index is 16.7. The summed E-state index contributed by atoms with van der Waals surface area (Å²) in [5, 5.41) is 16.6. The molecule has 2 N–H and O–H groups in total. The molecule has 1 aliphatic carbocycles. The van der Waals surface area contributed by atoms with Crippen LogP contribution in [0.15, 0.2) is 42.5 Å². The molecule has 2 atom stereocenters. The Kier molecular flexibility index (Phi) is 5.61. The summed E-state index contributed by atoms with van der Waals surface area (Å²) < 4.78 is 16.7. The van der Waals surface area contributed by atoms with E-state index in [9.17, 15) is 5.11 Å². The van der Waals surface area contributed by atoms with Crippen LogP contribution >= 0.6 is 11.6 Å². The molecular weight excluding hydrogens is 503 g/mol. The van der Waals surface area contributed by atoms with Crippen molar-refractivity contribution in [2.24, 2.45) is 0 Å². The largest absolute Gasteiger partial charge is 0.508 e. The summed E-state index contributed by atoms with van der Waals surface area (Å²) in [5.74, 6) is 0.874. The monoisotopic (exact) mass is 532 g/mol. The average molecular weight is 533 g/mol. The third-order valence-corrected chi connectivity index (χ3v) is 8.81. The Balaban J connectivity index is 1.44. The van der Waals surface area contributed by atoms with Gasteiger partial charge in [0.05, 0.1) is 5.02 Å². The molecule has 3 heterocycles. The Morgan fingerprint density at radius 3 is 2.66 bits per heavy atom. The van der Waals surface area contributed by atoms with Gasteiger partial charge >= 0.3 is 0 Å². The number of halogens is 2. The zero-order valence-corrected chi connectivity index (χ0v) is 22.2. The van der Waals surface area contributed by atoms with E-state index in [2.05, 4.69) is 34.1 Å². The summed E-state index contributed by atoms with van der Waals surface area (Å²) in [6, 6.07) is 13.8. The number of benzene rings is 3. The molecule has 0 radical (unpaired) electrons. The maximum Gasteiger partial charge on any atom is 0.228 e. The van der Waals surface area contributed by atoms with E-state index >= 15 is 4.39 Å². The van der Waals surface area contributed by atoms with E-state index in [0.717, 1.165) is 55.6 Å². The number of nitrogens with one attached hydrogen (secondary N) is 1. The number of rotatable bonds is 4. The van der Waals surface area contributed by atoms with Crippen LogP contribution in [0.25, 0.3) is 32.8 Å².